The SMILES string of the molecule is O=C(CSc1n[nH]c(-c2ccccc2F)n1)Nc1ccccc1Sc1ccccc1. The average molecular weight is 437 g/mol. The maximum absolute atomic E-state index is 13.9. The molecule has 0 bridgehead atoms. The van der Waals surface area contributed by atoms with Gasteiger partial charge in [0.2, 0.25) is 11.1 Å². The Hall–Kier alpha value is -3.10. The van der Waals surface area contributed by atoms with E-state index < -0.39 is 0 Å². The maximum atomic E-state index is 13.9. The van der Waals surface area contributed by atoms with Gasteiger partial charge in [0.1, 0.15) is 5.82 Å². The molecule has 0 aliphatic heterocycles. The van der Waals surface area contributed by atoms with Gasteiger partial charge in [-0.25, -0.2) is 9.37 Å². The van der Waals surface area contributed by atoms with E-state index in [1.54, 1.807) is 30.0 Å². The topological polar surface area (TPSA) is 70.7 Å². The molecule has 0 saturated heterocycles. The van der Waals surface area contributed by atoms with E-state index in [9.17, 15) is 9.18 Å². The van der Waals surface area contributed by atoms with Crippen LogP contribution in [0.4, 0.5) is 10.1 Å². The molecule has 0 radical (unpaired) electrons. The van der Waals surface area contributed by atoms with Gasteiger partial charge in [0.05, 0.1) is 17.0 Å². The fraction of sp³-hybridized carbons (Fsp3) is 0.0455. The first-order valence-electron chi connectivity index (χ1n) is 9.11. The number of rotatable bonds is 7. The summed E-state index contributed by atoms with van der Waals surface area (Å²) in [7, 11) is 0. The molecule has 4 aromatic rings. The van der Waals surface area contributed by atoms with E-state index in [1.165, 1.54) is 17.8 Å². The van der Waals surface area contributed by atoms with E-state index in [0.717, 1.165) is 15.5 Å². The molecule has 1 heterocycles. The van der Waals surface area contributed by atoms with Crippen LogP contribution in [0.25, 0.3) is 11.4 Å². The molecule has 30 heavy (non-hydrogen) atoms. The van der Waals surface area contributed by atoms with Crippen molar-refractivity contribution >= 4 is 35.1 Å². The van der Waals surface area contributed by atoms with Crippen LogP contribution in [0.3, 0.4) is 0 Å². The molecule has 0 saturated carbocycles. The summed E-state index contributed by atoms with van der Waals surface area (Å²) in [5, 5.41) is 10.1. The minimum atomic E-state index is -0.379. The lowest BCUT2D eigenvalue weighted by atomic mass is 10.2. The summed E-state index contributed by atoms with van der Waals surface area (Å²) in [6.45, 7) is 0. The number of thioether (sulfide) groups is 1. The van der Waals surface area contributed by atoms with Crippen LogP contribution in [0, 0.1) is 5.82 Å². The number of hydrogen-bond acceptors (Lipinski definition) is 5. The molecule has 0 unspecified atom stereocenters. The van der Waals surface area contributed by atoms with Gasteiger partial charge in [0.15, 0.2) is 5.82 Å². The third-order valence-corrected chi connectivity index (χ3v) is 5.99. The number of nitrogens with zero attached hydrogens (tertiary/aromatic N) is 2. The van der Waals surface area contributed by atoms with Crippen molar-refractivity contribution in [3.8, 4) is 11.4 Å². The van der Waals surface area contributed by atoms with Crippen LogP contribution in [0.5, 0.6) is 0 Å². The van der Waals surface area contributed by atoms with Crippen LogP contribution in [0.2, 0.25) is 0 Å². The number of aromatic nitrogens is 3. The highest BCUT2D eigenvalue weighted by Gasteiger charge is 2.13. The Kier molecular flexibility index (Phi) is 6.46. The Morgan fingerprint density at radius 2 is 1.70 bits per heavy atom. The summed E-state index contributed by atoms with van der Waals surface area (Å²) in [5.41, 5.74) is 1.09. The smallest absolute Gasteiger partial charge is 0.234 e. The molecular formula is C22H17FN4OS2. The van der Waals surface area contributed by atoms with Crippen molar-refractivity contribution < 1.29 is 9.18 Å². The van der Waals surface area contributed by atoms with Crippen molar-refractivity contribution in [2.75, 3.05) is 11.1 Å². The first kappa shape index (κ1) is 20.2. The Bertz CT molecular complexity index is 1150. The van der Waals surface area contributed by atoms with Crippen LogP contribution >= 0.6 is 23.5 Å². The molecule has 0 fully saturated rings. The number of amides is 1. The van der Waals surface area contributed by atoms with E-state index in [4.69, 9.17) is 0 Å². The van der Waals surface area contributed by atoms with Crippen molar-refractivity contribution in [3.05, 3.63) is 84.7 Å². The number of nitrogens with one attached hydrogen (secondary N) is 2. The second-order valence-corrected chi connectivity index (χ2v) is 8.25. The minimum absolute atomic E-state index is 0.138. The first-order valence-corrected chi connectivity index (χ1v) is 10.9. The molecule has 2 N–H and O–H groups in total. The first-order chi connectivity index (χ1) is 14.7. The normalized spacial score (nSPS) is 10.7. The third-order valence-electron chi connectivity index (χ3n) is 4.06. The van der Waals surface area contributed by atoms with Gasteiger partial charge in [-0.05, 0) is 36.4 Å². The second kappa shape index (κ2) is 9.60. The molecule has 0 aliphatic carbocycles. The number of hydrogen-bond donors (Lipinski definition) is 2. The van der Waals surface area contributed by atoms with Crippen LogP contribution in [0.15, 0.2) is 93.8 Å². The molecule has 150 valence electrons. The zero-order chi connectivity index (χ0) is 20.8. The molecule has 4 rings (SSSR count). The fourth-order valence-corrected chi connectivity index (χ4v) is 4.20. The molecular weight excluding hydrogens is 419 g/mol. The molecule has 0 spiro atoms. The van der Waals surface area contributed by atoms with Gasteiger partial charge >= 0.3 is 0 Å². The standard InChI is InChI=1S/C22H17FN4OS2/c23-17-11-5-4-10-16(17)21-25-22(27-26-21)29-14-20(28)24-18-12-6-7-13-19(18)30-15-8-2-1-3-9-15/h1-13H,14H2,(H,24,28)(H,25,26,27). The summed E-state index contributed by atoms with van der Waals surface area (Å²) in [4.78, 5) is 18.8. The van der Waals surface area contributed by atoms with Gasteiger partial charge in [0, 0.05) is 9.79 Å². The second-order valence-electron chi connectivity index (χ2n) is 6.19. The number of halogens is 1. The number of anilines is 1. The van der Waals surface area contributed by atoms with Crippen molar-refractivity contribution in [2.24, 2.45) is 0 Å². The van der Waals surface area contributed by atoms with Gasteiger partial charge in [0.25, 0.3) is 0 Å². The van der Waals surface area contributed by atoms with Crippen molar-refractivity contribution in [3.63, 3.8) is 0 Å². The Morgan fingerprint density at radius 1 is 0.967 bits per heavy atom. The van der Waals surface area contributed by atoms with Crippen LogP contribution in [0.1, 0.15) is 0 Å². The lowest BCUT2D eigenvalue weighted by Gasteiger charge is -2.10. The van der Waals surface area contributed by atoms with E-state index in [0.29, 0.717) is 16.5 Å². The van der Waals surface area contributed by atoms with Crippen LogP contribution < -0.4 is 5.32 Å². The van der Waals surface area contributed by atoms with E-state index >= 15 is 0 Å². The molecule has 5 nitrogen and oxygen atoms in total. The summed E-state index contributed by atoms with van der Waals surface area (Å²) in [5.74, 6) is -0.0757. The lowest BCUT2D eigenvalue weighted by Crippen LogP contribution is -2.14. The highest BCUT2D eigenvalue weighted by atomic mass is 32.2. The predicted molar refractivity (Wildman–Crippen MR) is 118 cm³/mol. The Morgan fingerprint density at radius 3 is 2.53 bits per heavy atom. The van der Waals surface area contributed by atoms with E-state index in [1.807, 2.05) is 54.6 Å². The quantitative estimate of drug-likeness (QED) is 0.375. The molecule has 3 aromatic carbocycles. The zero-order valence-corrected chi connectivity index (χ0v) is 17.3. The van der Waals surface area contributed by atoms with Crippen molar-refractivity contribution in [1.82, 2.24) is 15.2 Å². The van der Waals surface area contributed by atoms with Gasteiger partial charge in [-0.1, -0.05) is 66.0 Å². The van der Waals surface area contributed by atoms with Crippen LogP contribution in [-0.2, 0) is 4.79 Å². The lowest BCUT2D eigenvalue weighted by molar-refractivity contribution is -0.113. The summed E-state index contributed by atoms with van der Waals surface area (Å²) in [6, 6.07) is 24.0. The molecule has 0 atom stereocenters. The van der Waals surface area contributed by atoms with Crippen molar-refractivity contribution in [1.29, 1.82) is 0 Å². The highest BCUT2D eigenvalue weighted by Crippen LogP contribution is 2.33. The van der Waals surface area contributed by atoms with E-state index in [-0.39, 0.29) is 17.5 Å². The number of carbonyl (C=O) groups is 1. The molecule has 8 heteroatoms. The summed E-state index contributed by atoms with van der Waals surface area (Å²) < 4.78 is 13.9. The maximum Gasteiger partial charge on any atom is 0.234 e. The highest BCUT2D eigenvalue weighted by molar-refractivity contribution is 8.00. The molecule has 0 aliphatic rings. The zero-order valence-electron chi connectivity index (χ0n) is 15.7. The molecule has 1 aromatic heterocycles. The van der Waals surface area contributed by atoms with Gasteiger partial charge in [-0.2, -0.15) is 0 Å². The number of benzene rings is 3. The Labute approximate surface area is 181 Å². The number of carbonyl (C=O) groups excluding carboxylic acids is 1. The monoisotopic (exact) mass is 436 g/mol. The van der Waals surface area contributed by atoms with Crippen molar-refractivity contribution in [2.45, 2.75) is 14.9 Å². The third kappa shape index (κ3) is 5.08. The van der Waals surface area contributed by atoms with E-state index in [2.05, 4.69) is 20.5 Å². The van der Waals surface area contributed by atoms with Gasteiger partial charge in [-0.3, -0.25) is 9.89 Å². The van der Waals surface area contributed by atoms with Gasteiger partial charge in [-0.15, -0.1) is 5.10 Å². The van der Waals surface area contributed by atoms with Gasteiger partial charge < -0.3 is 5.32 Å². The number of para-hydroxylation sites is 1. The fourth-order valence-electron chi connectivity index (χ4n) is 2.68. The summed E-state index contributed by atoms with van der Waals surface area (Å²) >= 11 is 2.77. The predicted octanol–water partition coefficient (Wildman–Crippen LogP) is 5.49. The molecule has 1 amide bonds. The van der Waals surface area contributed by atoms with Crippen LogP contribution in [-0.4, -0.2) is 26.8 Å². The largest absolute Gasteiger partial charge is 0.324 e. The number of aromatic amines is 1. The average Bonchev–Trinajstić information content (AvgIpc) is 3.24. The summed E-state index contributed by atoms with van der Waals surface area (Å²) in [6.07, 6.45) is 0. The Balaban J connectivity index is 1.38. The number of H-pyrrole nitrogens is 1. The minimum Gasteiger partial charge on any atom is -0.324 e.